The molecule has 8 nitrogen and oxygen atoms in total. The highest BCUT2D eigenvalue weighted by Gasteiger charge is 2.31. The van der Waals surface area contributed by atoms with Crippen LogP contribution in [0.4, 0.5) is 4.79 Å². The number of fused-ring (bicyclic) bond motifs is 1. The first-order chi connectivity index (χ1) is 16.1. The van der Waals surface area contributed by atoms with Crippen molar-refractivity contribution in [2.75, 3.05) is 20.8 Å². The van der Waals surface area contributed by atoms with Gasteiger partial charge < -0.3 is 18.8 Å². The summed E-state index contributed by atoms with van der Waals surface area (Å²) in [6.07, 6.45) is 4.42. The van der Waals surface area contributed by atoms with Crippen molar-refractivity contribution in [2.45, 2.75) is 45.8 Å². The molecule has 0 aliphatic carbocycles. The van der Waals surface area contributed by atoms with Crippen LogP contribution >= 0.6 is 0 Å². The number of pyridine rings is 1. The average molecular weight is 465 g/mol. The SMILES string of the molecule is COc1ccc(-c2nc3c(C)cc(C4CC=CCN4C(=O)OC(C)(C)C)nc3n2C)cc1OC. The van der Waals surface area contributed by atoms with Gasteiger partial charge in [0.05, 0.1) is 26.0 Å². The number of ether oxygens (including phenoxy) is 3. The predicted octanol–water partition coefficient (Wildman–Crippen LogP) is 5.20. The van der Waals surface area contributed by atoms with Crippen LogP contribution in [0.5, 0.6) is 11.5 Å². The second kappa shape index (κ2) is 9.00. The van der Waals surface area contributed by atoms with Crippen molar-refractivity contribution in [2.24, 2.45) is 7.05 Å². The zero-order chi connectivity index (χ0) is 24.6. The molecule has 34 heavy (non-hydrogen) atoms. The molecule has 1 aromatic carbocycles. The Morgan fingerprint density at radius 2 is 1.79 bits per heavy atom. The number of nitrogens with zero attached hydrogens (tertiary/aromatic N) is 4. The molecule has 3 heterocycles. The third-order valence-electron chi connectivity index (χ3n) is 5.85. The Bertz CT molecular complexity index is 1260. The van der Waals surface area contributed by atoms with Crippen LogP contribution in [-0.2, 0) is 11.8 Å². The van der Waals surface area contributed by atoms with E-state index in [0.717, 1.165) is 33.8 Å². The summed E-state index contributed by atoms with van der Waals surface area (Å²) >= 11 is 0. The number of methoxy groups -OCH3 is 2. The van der Waals surface area contributed by atoms with Crippen LogP contribution in [0, 0.1) is 6.92 Å². The van der Waals surface area contributed by atoms with Crippen LogP contribution in [0.2, 0.25) is 0 Å². The van der Waals surface area contributed by atoms with Crippen molar-refractivity contribution < 1.29 is 19.0 Å². The molecule has 0 bridgehead atoms. The molecule has 0 fully saturated rings. The number of aromatic nitrogens is 3. The van der Waals surface area contributed by atoms with E-state index >= 15 is 0 Å². The maximum atomic E-state index is 12.9. The number of rotatable bonds is 4. The van der Waals surface area contributed by atoms with E-state index < -0.39 is 5.60 Å². The topological polar surface area (TPSA) is 78.7 Å². The molecule has 0 N–H and O–H groups in total. The van der Waals surface area contributed by atoms with Crippen LogP contribution in [-0.4, -0.2) is 51.9 Å². The maximum absolute atomic E-state index is 12.9. The van der Waals surface area contributed by atoms with Gasteiger partial charge in [-0.05, 0) is 63.9 Å². The Morgan fingerprint density at radius 1 is 1.06 bits per heavy atom. The molecule has 0 saturated heterocycles. The first kappa shape index (κ1) is 23.6. The summed E-state index contributed by atoms with van der Waals surface area (Å²) in [5.41, 5.74) is 3.75. The molecule has 180 valence electrons. The van der Waals surface area contributed by atoms with Gasteiger partial charge in [0.15, 0.2) is 17.1 Å². The van der Waals surface area contributed by atoms with Crippen LogP contribution in [0.3, 0.4) is 0 Å². The third-order valence-corrected chi connectivity index (χ3v) is 5.85. The molecule has 2 aromatic heterocycles. The van der Waals surface area contributed by atoms with Gasteiger partial charge in [0.25, 0.3) is 0 Å². The second-order valence-corrected chi connectivity index (χ2v) is 9.46. The highest BCUT2D eigenvalue weighted by atomic mass is 16.6. The molecule has 1 unspecified atom stereocenters. The Morgan fingerprint density at radius 3 is 2.47 bits per heavy atom. The Hall–Kier alpha value is -3.55. The van der Waals surface area contributed by atoms with Crippen molar-refractivity contribution in [3.8, 4) is 22.9 Å². The van der Waals surface area contributed by atoms with Gasteiger partial charge in [-0.1, -0.05) is 12.2 Å². The molecule has 0 spiro atoms. The van der Waals surface area contributed by atoms with Gasteiger partial charge in [0.2, 0.25) is 0 Å². The van der Waals surface area contributed by atoms with Crippen LogP contribution in [0.15, 0.2) is 36.4 Å². The van der Waals surface area contributed by atoms with Gasteiger partial charge in [-0.2, -0.15) is 0 Å². The molecule has 1 amide bonds. The molecular formula is C26H32N4O4. The summed E-state index contributed by atoms with van der Waals surface area (Å²) in [5.74, 6) is 2.07. The Labute approximate surface area is 200 Å². The standard InChI is InChI=1S/C26H32N4O4/c1-16-14-18(19-10-8-9-13-30(19)25(31)34-26(2,3)4)27-24-22(16)28-23(29(24)5)17-11-12-20(32-6)21(15-17)33-7/h8-9,11-12,14-15,19H,10,13H2,1-7H3. The highest BCUT2D eigenvalue weighted by Crippen LogP contribution is 2.35. The number of benzene rings is 1. The van der Waals surface area contributed by atoms with Crippen LogP contribution in [0.25, 0.3) is 22.6 Å². The minimum Gasteiger partial charge on any atom is -0.493 e. The molecule has 1 aliphatic heterocycles. The number of hydrogen-bond donors (Lipinski definition) is 0. The van der Waals surface area contributed by atoms with Gasteiger partial charge >= 0.3 is 6.09 Å². The fourth-order valence-electron chi connectivity index (χ4n) is 4.20. The monoisotopic (exact) mass is 464 g/mol. The minimum atomic E-state index is -0.563. The molecular weight excluding hydrogens is 432 g/mol. The van der Waals surface area contributed by atoms with E-state index in [1.165, 1.54) is 0 Å². The summed E-state index contributed by atoms with van der Waals surface area (Å²) < 4.78 is 18.5. The lowest BCUT2D eigenvalue weighted by molar-refractivity contribution is 0.0172. The van der Waals surface area contributed by atoms with Crippen molar-refractivity contribution in [3.05, 3.63) is 47.7 Å². The van der Waals surface area contributed by atoms with E-state index in [0.29, 0.717) is 24.5 Å². The van der Waals surface area contributed by atoms with E-state index in [1.807, 2.05) is 69.7 Å². The van der Waals surface area contributed by atoms with E-state index in [-0.39, 0.29) is 12.1 Å². The summed E-state index contributed by atoms with van der Waals surface area (Å²) in [6, 6.07) is 7.55. The second-order valence-electron chi connectivity index (χ2n) is 9.46. The number of aryl methyl sites for hydroxylation is 2. The molecule has 0 saturated carbocycles. The van der Waals surface area contributed by atoms with E-state index in [4.69, 9.17) is 24.2 Å². The zero-order valence-corrected chi connectivity index (χ0v) is 20.9. The number of carbonyl (C=O) groups is 1. The van der Waals surface area contributed by atoms with Crippen LogP contribution < -0.4 is 9.47 Å². The molecule has 0 radical (unpaired) electrons. The van der Waals surface area contributed by atoms with Gasteiger partial charge in [-0.15, -0.1) is 0 Å². The summed E-state index contributed by atoms with van der Waals surface area (Å²) in [4.78, 5) is 24.5. The number of amides is 1. The Balaban J connectivity index is 1.76. The fourth-order valence-corrected chi connectivity index (χ4v) is 4.20. The Kier molecular flexibility index (Phi) is 6.25. The third kappa shape index (κ3) is 4.44. The van der Waals surface area contributed by atoms with Gasteiger partial charge in [0.1, 0.15) is 16.9 Å². The zero-order valence-electron chi connectivity index (χ0n) is 20.9. The van der Waals surface area contributed by atoms with Crippen molar-refractivity contribution in [1.29, 1.82) is 0 Å². The smallest absolute Gasteiger partial charge is 0.411 e. The molecule has 1 atom stereocenters. The first-order valence-electron chi connectivity index (χ1n) is 11.3. The average Bonchev–Trinajstić information content (AvgIpc) is 3.14. The van der Waals surface area contributed by atoms with Crippen molar-refractivity contribution in [3.63, 3.8) is 0 Å². The van der Waals surface area contributed by atoms with Gasteiger partial charge in [-0.3, -0.25) is 4.90 Å². The van der Waals surface area contributed by atoms with E-state index in [2.05, 4.69) is 6.08 Å². The number of imidazole rings is 1. The normalized spacial score (nSPS) is 16.1. The quantitative estimate of drug-likeness (QED) is 0.494. The fraction of sp³-hybridized carbons (Fsp3) is 0.423. The van der Waals surface area contributed by atoms with E-state index in [1.54, 1.807) is 19.1 Å². The van der Waals surface area contributed by atoms with Gasteiger partial charge in [-0.25, -0.2) is 14.8 Å². The summed E-state index contributed by atoms with van der Waals surface area (Å²) in [5, 5.41) is 0. The van der Waals surface area contributed by atoms with Crippen molar-refractivity contribution >= 4 is 17.3 Å². The first-order valence-corrected chi connectivity index (χ1v) is 11.3. The predicted molar refractivity (Wildman–Crippen MR) is 131 cm³/mol. The highest BCUT2D eigenvalue weighted by molar-refractivity contribution is 5.81. The lowest BCUT2D eigenvalue weighted by Crippen LogP contribution is -2.40. The molecule has 4 rings (SSSR count). The summed E-state index contributed by atoms with van der Waals surface area (Å²) in [7, 11) is 5.18. The molecule has 8 heteroatoms. The largest absolute Gasteiger partial charge is 0.493 e. The lowest BCUT2D eigenvalue weighted by Gasteiger charge is -2.34. The van der Waals surface area contributed by atoms with Crippen molar-refractivity contribution in [1.82, 2.24) is 19.4 Å². The minimum absolute atomic E-state index is 0.206. The molecule has 3 aromatic rings. The number of hydrogen-bond acceptors (Lipinski definition) is 6. The van der Waals surface area contributed by atoms with Gasteiger partial charge in [0, 0.05) is 19.2 Å². The van der Waals surface area contributed by atoms with E-state index in [9.17, 15) is 4.79 Å². The summed E-state index contributed by atoms with van der Waals surface area (Å²) in [6.45, 7) is 8.13. The lowest BCUT2D eigenvalue weighted by atomic mass is 10.0. The molecule has 1 aliphatic rings. The maximum Gasteiger partial charge on any atom is 0.411 e. The van der Waals surface area contributed by atoms with Crippen LogP contribution in [0.1, 0.15) is 44.5 Å². The number of carbonyl (C=O) groups excluding carboxylic acids is 1.